The number of pyridine rings is 1. The highest BCUT2D eigenvalue weighted by atomic mass is 35.5. The lowest BCUT2D eigenvalue weighted by molar-refractivity contribution is -0.132. The Balaban J connectivity index is 2.05. The zero-order valence-electron chi connectivity index (χ0n) is 10.9. The van der Waals surface area contributed by atoms with Gasteiger partial charge in [-0.2, -0.15) is 0 Å². The van der Waals surface area contributed by atoms with Crippen molar-refractivity contribution in [2.75, 3.05) is 26.3 Å². The van der Waals surface area contributed by atoms with E-state index in [0.717, 1.165) is 12.2 Å². The Morgan fingerprint density at radius 3 is 3.21 bits per heavy atom. The van der Waals surface area contributed by atoms with Gasteiger partial charge in [-0.1, -0.05) is 17.7 Å². The van der Waals surface area contributed by atoms with Crippen LogP contribution in [0.1, 0.15) is 12.6 Å². The van der Waals surface area contributed by atoms with Crippen LogP contribution in [0.5, 0.6) is 0 Å². The summed E-state index contributed by atoms with van der Waals surface area (Å²) in [6.07, 6.45) is 0. The van der Waals surface area contributed by atoms with Crippen LogP contribution in [0.3, 0.4) is 0 Å². The SMILES string of the molecule is CCNC(=O)C1COCCN1Cc1cccc(Cl)n1. The summed E-state index contributed by atoms with van der Waals surface area (Å²) < 4.78 is 5.39. The second-order valence-electron chi connectivity index (χ2n) is 4.41. The number of likely N-dealkylation sites (N-methyl/N-ethyl adjacent to an activating group) is 1. The van der Waals surface area contributed by atoms with Crippen molar-refractivity contribution in [1.29, 1.82) is 0 Å². The van der Waals surface area contributed by atoms with Gasteiger partial charge in [0.2, 0.25) is 5.91 Å². The van der Waals surface area contributed by atoms with Gasteiger partial charge in [0.25, 0.3) is 0 Å². The number of hydrogen-bond acceptors (Lipinski definition) is 4. The van der Waals surface area contributed by atoms with E-state index in [1.165, 1.54) is 0 Å². The first-order chi connectivity index (χ1) is 9.20. The second kappa shape index (κ2) is 6.84. The Morgan fingerprint density at radius 1 is 1.63 bits per heavy atom. The van der Waals surface area contributed by atoms with Gasteiger partial charge in [0.15, 0.2) is 0 Å². The number of ether oxygens (including phenoxy) is 1. The van der Waals surface area contributed by atoms with Crippen molar-refractivity contribution in [3.05, 3.63) is 29.0 Å². The van der Waals surface area contributed by atoms with Gasteiger partial charge >= 0.3 is 0 Å². The topological polar surface area (TPSA) is 54.5 Å². The standard InChI is InChI=1S/C13H18ClN3O2/c1-2-15-13(18)11-9-19-7-6-17(11)8-10-4-3-5-12(14)16-10/h3-5,11H,2,6-9H2,1H3,(H,15,18). The third-order valence-corrected chi connectivity index (χ3v) is 3.24. The van der Waals surface area contributed by atoms with E-state index < -0.39 is 0 Å². The van der Waals surface area contributed by atoms with Crippen molar-refractivity contribution >= 4 is 17.5 Å². The van der Waals surface area contributed by atoms with Crippen molar-refractivity contribution in [3.63, 3.8) is 0 Å². The lowest BCUT2D eigenvalue weighted by atomic mass is 10.2. The average Bonchev–Trinajstić information content (AvgIpc) is 2.39. The number of nitrogens with zero attached hydrogens (tertiary/aromatic N) is 2. The number of nitrogens with one attached hydrogen (secondary N) is 1. The van der Waals surface area contributed by atoms with Crippen molar-refractivity contribution in [3.8, 4) is 0 Å². The maximum Gasteiger partial charge on any atom is 0.239 e. The summed E-state index contributed by atoms with van der Waals surface area (Å²) in [6.45, 7) is 4.91. The molecule has 1 aliphatic rings. The molecule has 2 heterocycles. The highest BCUT2D eigenvalue weighted by Gasteiger charge is 2.29. The third kappa shape index (κ3) is 3.89. The molecule has 1 aromatic rings. The summed E-state index contributed by atoms with van der Waals surface area (Å²) in [4.78, 5) is 18.3. The lowest BCUT2D eigenvalue weighted by Gasteiger charge is -2.34. The minimum Gasteiger partial charge on any atom is -0.378 e. The largest absolute Gasteiger partial charge is 0.378 e. The first kappa shape index (κ1) is 14.2. The maximum absolute atomic E-state index is 12.0. The quantitative estimate of drug-likeness (QED) is 0.840. The molecule has 1 aromatic heterocycles. The highest BCUT2D eigenvalue weighted by Crippen LogP contribution is 2.13. The van der Waals surface area contributed by atoms with Crippen LogP contribution in [0.15, 0.2) is 18.2 Å². The van der Waals surface area contributed by atoms with E-state index in [1.807, 2.05) is 19.1 Å². The molecule has 0 spiro atoms. The molecule has 1 N–H and O–H groups in total. The Bertz CT molecular complexity index is 442. The summed E-state index contributed by atoms with van der Waals surface area (Å²) >= 11 is 5.88. The summed E-state index contributed by atoms with van der Waals surface area (Å²) in [7, 11) is 0. The molecule has 0 aromatic carbocycles. The van der Waals surface area contributed by atoms with Crippen molar-refractivity contribution in [1.82, 2.24) is 15.2 Å². The van der Waals surface area contributed by atoms with Crippen molar-refractivity contribution in [2.24, 2.45) is 0 Å². The van der Waals surface area contributed by atoms with Crippen LogP contribution < -0.4 is 5.32 Å². The van der Waals surface area contributed by atoms with Gasteiger partial charge < -0.3 is 10.1 Å². The number of carbonyl (C=O) groups is 1. The molecule has 1 saturated heterocycles. The molecule has 1 unspecified atom stereocenters. The summed E-state index contributed by atoms with van der Waals surface area (Å²) in [5.41, 5.74) is 0.865. The molecule has 19 heavy (non-hydrogen) atoms. The molecule has 1 amide bonds. The molecule has 2 rings (SSSR count). The Morgan fingerprint density at radius 2 is 2.47 bits per heavy atom. The van der Waals surface area contributed by atoms with Crippen molar-refractivity contribution in [2.45, 2.75) is 19.5 Å². The van der Waals surface area contributed by atoms with E-state index in [-0.39, 0.29) is 11.9 Å². The Kier molecular flexibility index (Phi) is 5.13. The first-order valence-corrected chi connectivity index (χ1v) is 6.79. The first-order valence-electron chi connectivity index (χ1n) is 6.41. The van der Waals surface area contributed by atoms with E-state index >= 15 is 0 Å². The smallest absolute Gasteiger partial charge is 0.239 e. The van der Waals surface area contributed by atoms with Gasteiger partial charge in [-0.3, -0.25) is 9.69 Å². The molecule has 5 nitrogen and oxygen atoms in total. The molecular formula is C13H18ClN3O2. The molecule has 1 atom stereocenters. The summed E-state index contributed by atoms with van der Waals surface area (Å²) in [5.74, 6) is 0.00391. The summed E-state index contributed by atoms with van der Waals surface area (Å²) in [5, 5.41) is 3.31. The van der Waals surface area contributed by atoms with Crippen LogP contribution in [-0.2, 0) is 16.1 Å². The molecule has 104 valence electrons. The number of carbonyl (C=O) groups excluding carboxylic acids is 1. The van der Waals surface area contributed by atoms with Gasteiger partial charge in [-0.25, -0.2) is 4.98 Å². The Labute approximate surface area is 117 Å². The molecule has 0 radical (unpaired) electrons. The van der Waals surface area contributed by atoms with E-state index in [0.29, 0.717) is 31.5 Å². The number of aromatic nitrogens is 1. The zero-order chi connectivity index (χ0) is 13.7. The second-order valence-corrected chi connectivity index (χ2v) is 4.79. The van der Waals surface area contributed by atoms with Crippen LogP contribution in [0, 0.1) is 0 Å². The minimum absolute atomic E-state index is 0.00391. The van der Waals surface area contributed by atoms with E-state index in [4.69, 9.17) is 16.3 Å². The van der Waals surface area contributed by atoms with Gasteiger partial charge in [-0.05, 0) is 19.1 Å². The van der Waals surface area contributed by atoms with Crippen LogP contribution in [0.2, 0.25) is 5.15 Å². The molecule has 0 bridgehead atoms. The molecule has 0 aliphatic carbocycles. The van der Waals surface area contributed by atoms with Crippen LogP contribution in [-0.4, -0.2) is 48.1 Å². The number of amides is 1. The number of hydrogen-bond donors (Lipinski definition) is 1. The lowest BCUT2D eigenvalue weighted by Crippen LogP contribution is -2.53. The zero-order valence-corrected chi connectivity index (χ0v) is 11.7. The van der Waals surface area contributed by atoms with Gasteiger partial charge in [0.05, 0.1) is 18.9 Å². The molecule has 0 saturated carbocycles. The molecular weight excluding hydrogens is 266 g/mol. The van der Waals surface area contributed by atoms with Crippen LogP contribution in [0.4, 0.5) is 0 Å². The van der Waals surface area contributed by atoms with Gasteiger partial charge in [0, 0.05) is 19.6 Å². The van der Waals surface area contributed by atoms with Gasteiger partial charge in [0.1, 0.15) is 11.2 Å². The fourth-order valence-electron chi connectivity index (χ4n) is 2.11. The van der Waals surface area contributed by atoms with E-state index in [9.17, 15) is 4.79 Å². The maximum atomic E-state index is 12.0. The predicted molar refractivity (Wildman–Crippen MR) is 72.9 cm³/mol. The third-order valence-electron chi connectivity index (χ3n) is 3.03. The number of halogens is 1. The fraction of sp³-hybridized carbons (Fsp3) is 0.538. The van der Waals surface area contributed by atoms with Crippen LogP contribution >= 0.6 is 11.6 Å². The predicted octanol–water partition coefficient (Wildman–Crippen LogP) is 1.07. The Hall–Kier alpha value is -1.17. The highest BCUT2D eigenvalue weighted by molar-refractivity contribution is 6.29. The van der Waals surface area contributed by atoms with Gasteiger partial charge in [-0.15, -0.1) is 0 Å². The molecule has 1 fully saturated rings. The van der Waals surface area contributed by atoms with E-state index in [2.05, 4.69) is 15.2 Å². The average molecular weight is 284 g/mol. The monoisotopic (exact) mass is 283 g/mol. The summed E-state index contributed by atoms with van der Waals surface area (Å²) in [6, 6.07) is 5.27. The normalized spacial score (nSPS) is 20.2. The number of rotatable bonds is 4. The number of morpholine rings is 1. The van der Waals surface area contributed by atoms with Crippen LogP contribution in [0.25, 0.3) is 0 Å². The molecule has 1 aliphatic heterocycles. The minimum atomic E-state index is -0.255. The van der Waals surface area contributed by atoms with Crippen molar-refractivity contribution < 1.29 is 9.53 Å². The molecule has 6 heteroatoms. The fourth-order valence-corrected chi connectivity index (χ4v) is 2.29. The van der Waals surface area contributed by atoms with E-state index in [1.54, 1.807) is 6.07 Å².